The number of halogens is 1. The third-order valence-electron chi connectivity index (χ3n) is 4.09. The summed E-state index contributed by atoms with van der Waals surface area (Å²) in [5.41, 5.74) is 0.577. The van der Waals surface area contributed by atoms with Crippen molar-refractivity contribution in [3.8, 4) is 0 Å². The van der Waals surface area contributed by atoms with Crippen LogP contribution >= 0.6 is 23.4 Å². The molecule has 0 radical (unpaired) electrons. The molecule has 0 aliphatic carbocycles. The van der Waals surface area contributed by atoms with Gasteiger partial charge in [0, 0.05) is 23.0 Å². The van der Waals surface area contributed by atoms with Crippen molar-refractivity contribution in [2.75, 3.05) is 18.8 Å². The van der Waals surface area contributed by atoms with Crippen LogP contribution in [-0.2, 0) is 11.4 Å². The fourth-order valence-electron chi connectivity index (χ4n) is 2.71. The number of amides is 1. The molecule has 128 valence electrons. The number of aromatic nitrogens is 3. The van der Waals surface area contributed by atoms with Crippen molar-refractivity contribution < 1.29 is 9.90 Å². The summed E-state index contributed by atoms with van der Waals surface area (Å²) in [6.07, 6.45) is 3.48. The Labute approximate surface area is 149 Å². The molecule has 1 N–H and O–H groups in total. The van der Waals surface area contributed by atoms with Crippen molar-refractivity contribution in [2.45, 2.75) is 30.4 Å². The Kier molecular flexibility index (Phi) is 5.76. The summed E-state index contributed by atoms with van der Waals surface area (Å²) in [7, 11) is 0. The van der Waals surface area contributed by atoms with E-state index < -0.39 is 0 Å². The molecule has 6 nitrogen and oxygen atoms in total. The van der Waals surface area contributed by atoms with Crippen LogP contribution in [0.3, 0.4) is 0 Å². The normalized spacial score (nSPS) is 15.7. The maximum absolute atomic E-state index is 12.3. The molecule has 1 amide bonds. The zero-order chi connectivity index (χ0) is 16.9. The smallest absolute Gasteiger partial charge is 0.232 e. The van der Waals surface area contributed by atoms with Crippen molar-refractivity contribution in [2.24, 2.45) is 0 Å². The SMILES string of the molecule is O=C(CSc1ccc(Cl)cc1)N1CCC(n2cc(CO)nn2)CC1. The Bertz CT molecular complexity index is 684. The van der Waals surface area contributed by atoms with Crippen LogP contribution in [0.15, 0.2) is 35.4 Å². The van der Waals surface area contributed by atoms with E-state index in [4.69, 9.17) is 16.7 Å². The number of piperidine rings is 1. The van der Waals surface area contributed by atoms with E-state index >= 15 is 0 Å². The number of hydrogen-bond acceptors (Lipinski definition) is 5. The number of carbonyl (C=O) groups excluding carboxylic acids is 1. The topological polar surface area (TPSA) is 71.2 Å². The van der Waals surface area contributed by atoms with Crippen molar-refractivity contribution in [3.05, 3.63) is 41.2 Å². The molecule has 1 aromatic heterocycles. The maximum Gasteiger partial charge on any atom is 0.232 e. The molecule has 1 aromatic carbocycles. The van der Waals surface area contributed by atoms with Gasteiger partial charge in [-0.1, -0.05) is 16.8 Å². The minimum absolute atomic E-state index is 0.0980. The fourth-order valence-corrected chi connectivity index (χ4v) is 3.64. The van der Waals surface area contributed by atoms with Gasteiger partial charge in [-0.05, 0) is 37.1 Å². The summed E-state index contributed by atoms with van der Waals surface area (Å²) < 4.78 is 1.80. The van der Waals surface area contributed by atoms with Gasteiger partial charge >= 0.3 is 0 Å². The van der Waals surface area contributed by atoms with Gasteiger partial charge in [-0.25, -0.2) is 4.68 Å². The second-order valence-electron chi connectivity index (χ2n) is 5.70. The monoisotopic (exact) mass is 366 g/mol. The first-order valence-corrected chi connectivity index (χ1v) is 9.20. The molecule has 2 aromatic rings. The quantitative estimate of drug-likeness (QED) is 0.822. The molecule has 0 unspecified atom stereocenters. The summed E-state index contributed by atoms with van der Waals surface area (Å²) in [5, 5.41) is 17.7. The van der Waals surface area contributed by atoms with Crippen LogP contribution in [0, 0.1) is 0 Å². The Morgan fingerprint density at radius 1 is 1.29 bits per heavy atom. The molecule has 1 aliphatic heterocycles. The minimum atomic E-state index is -0.0980. The lowest BCUT2D eigenvalue weighted by molar-refractivity contribution is -0.129. The van der Waals surface area contributed by atoms with E-state index in [2.05, 4.69) is 10.3 Å². The minimum Gasteiger partial charge on any atom is -0.390 e. The van der Waals surface area contributed by atoms with Gasteiger partial charge in [0.1, 0.15) is 5.69 Å². The van der Waals surface area contributed by atoms with Gasteiger partial charge in [0.2, 0.25) is 5.91 Å². The average molecular weight is 367 g/mol. The molecular formula is C16H19ClN4O2S. The standard InChI is InChI=1S/C16H19ClN4O2S/c17-12-1-3-15(4-2-12)24-11-16(23)20-7-5-14(6-8-20)21-9-13(10-22)18-19-21/h1-4,9,14,22H,5-8,10-11H2. The molecule has 1 aliphatic rings. The summed E-state index contributed by atoms with van der Waals surface area (Å²) >= 11 is 7.39. The number of hydrogen-bond donors (Lipinski definition) is 1. The molecular weight excluding hydrogens is 348 g/mol. The Morgan fingerprint density at radius 3 is 2.62 bits per heavy atom. The highest BCUT2D eigenvalue weighted by Crippen LogP contribution is 2.24. The van der Waals surface area contributed by atoms with Gasteiger partial charge in [-0.2, -0.15) is 0 Å². The number of benzene rings is 1. The Hall–Kier alpha value is -1.57. The van der Waals surface area contributed by atoms with E-state index in [9.17, 15) is 4.79 Å². The molecule has 1 saturated heterocycles. The number of carbonyl (C=O) groups is 1. The van der Waals surface area contributed by atoms with E-state index in [1.165, 1.54) is 11.8 Å². The molecule has 0 spiro atoms. The molecule has 0 atom stereocenters. The number of rotatable bonds is 5. The zero-order valence-electron chi connectivity index (χ0n) is 13.1. The molecule has 24 heavy (non-hydrogen) atoms. The van der Waals surface area contributed by atoms with Crippen molar-refractivity contribution in [1.29, 1.82) is 0 Å². The fraction of sp³-hybridized carbons (Fsp3) is 0.438. The summed E-state index contributed by atoms with van der Waals surface area (Å²) in [5.74, 6) is 0.590. The van der Waals surface area contributed by atoms with E-state index in [1.807, 2.05) is 29.2 Å². The van der Waals surface area contributed by atoms with Crippen LogP contribution in [0.2, 0.25) is 5.02 Å². The first-order chi connectivity index (χ1) is 11.7. The lowest BCUT2D eigenvalue weighted by Gasteiger charge is -2.31. The van der Waals surface area contributed by atoms with E-state index in [0.717, 1.165) is 30.8 Å². The van der Waals surface area contributed by atoms with Crippen molar-refractivity contribution >= 4 is 29.3 Å². The van der Waals surface area contributed by atoms with Gasteiger partial charge < -0.3 is 10.0 Å². The highest BCUT2D eigenvalue weighted by atomic mass is 35.5. The molecule has 0 bridgehead atoms. The third-order valence-corrected chi connectivity index (χ3v) is 5.34. The third kappa shape index (κ3) is 4.28. The van der Waals surface area contributed by atoms with Crippen molar-refractivity contribution in [1.82, 2.24) is 19.9 Å². The number of aliphatic hydroxyl groups is 1. The van der Waals surface area contributed by atoms with Crippen LogP contribution in [0.5, 0.6) is 0 Å². The second kappa shape index (κ2) is 8.00. The van der Waals surface area contributed by atoms with Crippen molar-refractivity contribution in [3.63, 3.8) is 0 Å². The van der Waals surface area contributed by atoms with Crippen LogP contribution in [0.25, 0.3) is 0 Å². The lowest BCUT2D eigenvalue weighted by atomic mass is 10.1. The molecule has 2 heterocycles. The number of likely N-dealkylation sites (tertiary alicyclic amines) is 1. The molecule has 0 saturated carbocycles. The second-order valence-corrected chi connectivity index (χ2v) is 7.19. The van der Waals surface area contributed by atoms with Crippen LogP contribution in [0.1, 0.15) is 24.6 Å². The largest absolute Gasteiger partial charge is 0.390 e. The van der Waals surface area contributed by atoms with E-state index in [1.54, 1.807) is 10.9 Å². The first-order valence-electron chi connectivity index (χ1n) is 7.83. The predicted molar refractivity (Wildman–Crippen MR) is 93.0 cm³/mol. The van der Waals surface area contributed by atoms with Crippen LogP contribution < -0.4 is 0 Å². The Balaban J connectivity index is 1.47. The number of thioether (sulfide) groups is 1. The van der Waals surface area contributed by atoms with E-state index in [0.29, 0.717) is 16.5 Å². The molecule has 3 rings (SSSR count). The van der Waals surface area contributed by atoms with Crippen LogP contribution in [0.4, 0.5) is 0 Å². The summed E-state index contributed by atoms with van der Waals surface area (Å²) in [4.78, 5) is 15.3. The summed E-state index contributed by atoms with van der Waals surface area (Å²) in [6, 6.07) is 7.76. The van der Waals surface area contributed by atoms with Gasteiger partial charge in [0.05, 0.1) is 24.6 Å². The maximum atomic E-state index is 12.3. The average Bonchev–Trinajstić information content (AvgIpc) is 3.10. The van der Waals surface area contributed by atoms with Crippen LogP contribution in [-0.4, -0.2) is 49.7 Å². The molecule has 1 fully saturated rings. The van der Waals surface area contributed by atoms with Gasteiger partial charge in [0.25, 0.3) is 0 Å². The number of nitrogens with zero attached hydrogens (tertiary/aromatic N) is 4. The first kappa shape index (κ1) is 17.3. The van der Waals surface area contributed by atoms with Gasteiger partial charge in [0.15, 0.2) is 0 Å². The zero-order valence-corrected chi connectivity index (χ0v) is 14.7. The highest BCUT2D eigenvalue weighted by molar-refractivity contribution is 8.00. The number of aliphatic hydroxyl groups excluding tert-OH is 1. The molecule has 8 heteroatoms. The lowest BCUT2D eigenvalue weighted by Crippen LogP contribution is -2.40. The summed E-state index contributed by atoms with van der Waals surface area (Å²) in [6.45, 7) is 1.34. The van der Waals surface area contributed by atoms with Gasteiger partial charge in [-0.3, -0.25) is 4.79 Å². The highest BCUT2D eigenvalue weighted by Gasteiger charge is 2.24. The Morgan fingerprint density at radius 2 is 2.00 bits per heavy atom. The van der Waals surface area contributed by atoms with Gasteiger partial charge in [-0.15, -0.1) is 16.9 Å². The predicted octanol–water partition coefficient (Wildman–Crippen LogP) is 2.38. The van der Waals surface area contributed by atoms with E-state index in [-0.39, 0.29) is 18.6 Å².